The summed E-state index contributed by atoms with van der Waals surface area (Å²) in [6.45, 7) is 0.639. The van der Waals surface area contributed by atoms with Gasteiger partial charge in [-0.2, -0.15) is 0 Å². The fourth-order valence-electron chi connectivity index (χ4n) is 3.25. The Morgan fingerprint density at radius 2 is 1.55 bits per heavy atom. The van der Waals surface area contributed by atoms with E-state index in [0.29, 0.717) is 30.8 Å². The molecule has 1 saturated heterocycles. The van der Waals surface area contributed by atoms with Crippen LogP contribution in [0.2, 0.25) is 0 Å². The van der Waals surface area contributed by atoms with Gasteiger partial charge in [-0.3, -0.25) is 4.79 Å². The van der Waals surface area contributed by atoms with E-state index in [2.05, 4.69) is 5.32 Å². The SMILES string of the molecule is O=C(NCC(=O)N1CCC(S(=O)(=O)c2ccccc2)CC1)OCc1ccccc1. The molecule has 1 aliphatic heterocycles. The second kappa shape index (κ2) is 9.56. The van der Waals surface area contributed by atoms with Crippen LogP contribution in [0.4, 0.5) is 4.79 Å². The fraction of sp³-hybridized carbons (Fsp3) is 0.333. The van der Waals surface area contributed by atoms with Crippen LogP contribution in [0.1, 0.15) is 18.4 Å². The zero-order chi connectivity index (χ0) is 20.7. The van der Waals surface area contributed by atoms with Crippen molar-refractivity contribution < 1.29 is 22.7 Å². The van der Waals surface area contributed by atoms with Gasteiger partial charge >= 0.3 is 6.09 Å². The highest BCUT2D eigenvalue weighted by Crippen LogP contribution is 2.24. The molecule has 0 spiro atoms. The minimum Gasteiger partial charge on any atom is -0.445 e. The molecule has 3 rings (SSSR count). The van der Waals surface area contributed by atoms with E-state index in [4.69, 9.17) is 4.74 Å². The number of sulfone groups is 1. The van der Waals surface area contributed by atoms with Crippen LogP contribution in [-0.4, -0.2) is 50.2 Å². The predicted molar refractivity (Wildman–Crippen MR) is 108 cm³/mol. The number of carbonyl (C=O) groups is 2. The summed E-state index contributed by atoms with van der Waals surface area (Å²) < 4.78 is 30.5. The third kappa shape index (κ3) is 5.57. The number of benzene rings is 2. The Labute approximate surface area is 170 Å². The van der Waals surface area contributed by atoms with Crippen LogP contribution in [0.3, 0.4) is 0 Å². The Bertz CT molecular complexity index is 924. The van der Waals surface area contributed by atoms with Crippen LogP contribution in [0.5, 0.6) is 0 Å². The summed E-state index contributed by atoms with van der Waals surface area (Å²) in [6.07, 6.45) is 0.0896. The number of ether oxygens (including phenoxy) is 1. The van der Waals surface area contributed by atoms with Gasteiger partial charge in [0.05, 0.1) is 10.1 Å². The molecule has 0 aliphatic carbocycles. The summed E-state index contributed by atoms with van der Waals surface area (Å²) in [5.41, 5.74) is 0.857. The smallest absolute Gasteiger partial charge is 0.407 e. The van der Waals surface area contributed by atoms with E-state index in [1.807, 2.05) is 30.3 Å². The molecule has 0 saturated carbocycles. The number of rotatable bonds is 6. The van der Waals surface area contributed by atoms with E-state index in [9.17, 15) is 18.0 Å². The van der Waals surface area contributed by atoms with Crippen molar-refractivity contribution in [3.8, 4) is 0 Å². The lowest BCUT2D eigenvalue weighted by molar-refractivity contribution is -0.131. The number of hydrogen-bond donors (Lipinski definition) is 1. The van der Waals surface area contributed by atoms with Crippen LogP contribution < -0.4 is 5.32 Å². The number of nitrogens with one attached hydrogen (secondary N) is 1. The molecule has 0 aromatic heterocycles. The molecule has 1 aliphatic rings. The predicted octanol–water partition coefficient (Wildman–Crippen LogP) is 2.38. The van der Waals surface area contributed by atoms with Gasteiger partial charge in [0.2, 0.25) is 5.91 Å². The van der Waals surface area contributed by atoms with Gasteiger partial charge in [-0.15, -0.1) is 0 Å². The lowest BCUT2D eigenvalue weighted by Crippen LogP contribution is -2.46. The van der Waals surface area contributed by atoms with E-state index >= 15 is 0 Å². The Kier molecular flexibility index (Phi) is 6.87. The van der Waals surface area contributed by atoms with E-state index in [1.165, 1.54) is 0 Å². The Hall–Kier alpha value is -2.87. The number of piperidine rings is 1. The number of likely N-dealkylation sites (tertiary alicyclic amines) is 1. The zero-order valence-electron chi connectivity index (χ0n) is 16.0. The molecule has 7 nitrogen and oxygen atoms in total. The normalized spacial score (nSPS) is 15.0. The standard InChI is InChI=1S/C21H24N2O5S/c24-20(15-22-21(25)28-16-17-7-3-1-4-8-17)23-13-11-19(12-14-23)29(26,27)18-9-5-2-6-10-18/h1-10,19H,11-16H2,(H,22,25). The van der Waals surface area contributed by atoms with Crippen molar-refractivity contribution in [2.45, 2.75) is 29.6 Å². The molecule has 154 valence electrons. The molecular formula is C21H24N2O5S. The summed E-state index contributed by atoms with van der Waals surface area (Å²) in [7, 11) is -3.40. The molecule has 2 amide bonds. The highest BCUT2D eigenvalue weighted by atomic mass is 32.2. The van der Waals surface area contributed by atoms with E-state index in [-0.39, 0.29) is 19.1 Å². The van der Waals surface area contributed by atoms with Crippen molar-refractivity contribution in [3.63, 3.8) is 0 Å². The van der Waals surface area contributed by atoms with E-state index in [0.717, 1.165) is 5.56 Å². The highest BCUT2D eigenvalue weighted by Gasteiger charge is 2.32. The quantitative estimate of drug-likeness (QED) is 0.781. The molecule has 0 bridgehead atoms. The van der Waals surface area contributed by atoms with Crippen LogP contribution in [0, 0.1) is 0 Å². The van der Waals surface area contributed by atoms with Crippen molar-refractivity contribution in [1.82, 2.24) is 10.2 Å². The second-order valence-corrected chi connectivity index (χ2v) is 9.08. The summed E-state index contributed by atoms with van der Waals surface area (Å²) in [4.78, 5) is 26.0. The Balaban J connectivity index is 1.42. The molecule has 8 heteroatoms. The van der Waals surface area contributed by atoms with Gasteiger partial charge in [-0.25, -0.2) is 13.2 Å². The molecule has 0 atom stereocenters. The van der Waals surface area contributed by atoms with E-state index < -0.39 is 21.2 Å². The number of nitrogens with zero attached hydrogens (tertiary/aromatic N) is 1. The van der Waals surface area contributed by atoms with E-state index in [1.54, 1.807) is 35.2 Å². The topological polar surface area (TPSA) is 92.8 Å². The van der Waals surface area contributed by atoms with Gasteiger partial charge in [0.1, 0.15) is 13.2 Å². The molecule has 1 fully saturated rings. The van der Waals surface area contributed by atoms with Gasteiger partial charge in [0.15, 0.2) is 9.84 Å². The number of amides is 2. The molecule has 29 heavy (non-hydrogen) atoms. The number of carbonyl (C=O) groups excluding carboxylic acids is 2. The first-order valence-corrected chi connectivity index (χ1v) is 11.0. The number of hydrogen-bond acceptors (Lipinski definition) is 5. The summed E-state index contributed by atoms with van der Waals surface area (Å²) in [5.74, 6) is -0.253. The van der Waals surface area contributed by atoms with Crippen molar-refractivity contribution in [2.24, 2.45) is 0 Å². The third-order valence-corrected chi connectivity index (χ3v) is 7.18. The monoisotopic (exact) mass is 416 g/mol. The van der Waals surface area contributed by atoms with Gasteiger partial charge in [0.25, 0.3) is 0 Å². The van der Waals surface area contributed by atoms with Crippen molar-refractivity contribution in [3.05, 3.63) is 66.2 Å². The molecule has 2 aromatic rings. The van der Waals surface area contributed by atoms with Crippen molar-refractivity contribution in [1.29, 1.82) is 0 Å². The first-order chi connectivity index (χ1) is 14.0. The van der Waals surface area contributed by atoms with Gasteiger partial charge < -0.3 is 15.0 Å². The third-order valence-electron chi connectivity index (χ3n) is 4.90. The molecule has 1 heterocycles. The van der Waals surface area contributed by atoms with Gasteiger partial charge in [-0.05, 0) is 30.5 Å². The summed E-state index contributed by atoms with van der Waals surface area (Å²) in [5, 5.41) is 1.94. The number of alkyl carbamates (subject to hydrolysis) is 1. The molecular weight excluding hydrogens is 392 g/mol. The van der Waals surface area contributed by atoms with Crippen LogP contribution in [-0.2, 0) is 26.0 Å². The largest absolute Gasteiger partial charge is 0.445 e. The maximum atomic E-state index is 12.7. The second-order valence-electron chi connectivity index (χ2n) is 6.85. The molecule has 1 N–H and O–H groups in total. The van der Waals surface area contributed by atoms with Crippen LogP contribution in [0.15, 0.2) is 65.6 Å². The zero-order valence-corrected chi connectivity index (χ0v) is 16.8. The van der Waals surface area contributed by atoms with Crippen LogP contribution >= 0.6 is 0 Å². The van der Waals surface area contributed by atoms with Gasteiger partial charge in [0, 0.05) is 13.1 Å². The van der Waals surface area contributed by atoms with Crippen molar-refractivity contribution >= 4 is 21.8 Å². The summed E-state index contributed by atoms with van der Waals surface area (Å²) >= 11 is 0. The molecule has 0 radical (unpaired) electrons. The van der Waals surface area contributed by atoms with Crippen molar-refractivity contribution in [2.75, 3.05) is 19.6 Å². The minimum absolute atomic E-state index is 0.129. The lowest BCUT2D eigenvalue weighted by Gasteiger charge is -2.31. The van der Waals surface area contributed by atoms with Crippen LogP contribution in [0.25, 0.3) is 0 Å². The first-order valence-electron chi connectivity index (χ1n) is 9.48. The van der Waals surface area contributed by atoms with Gasteiger partial charge in [-0.1, -0.05) is 48.5 Å². The minimum atomic E-state index is -3.40. The maximum absolute atomic E-state index is 12.7. The molecule has 0 unspecified atom stereocenters. The summed E-state index contributed by atoms with van der Waals surface area (Å²) in [6, 6.07) is 17.6. The Morgan fingerprint density at radius 1 is 0.966 bits per heavy atom. The Morgan fingerprint density at radius 3 is 2.17 bits per heavy atom. The average Bonchev–Trinajstić information content (AvgIpc) is 2.77. The lowest BCUT2D eigenvalue weighted by atomic mass is 10.1. The molecule has 2 aromatic carbocycles. The fourth-order valence-corrected chi connectivity index (χ4v) is 5.00. The highest BCUT2D eigenvalue weighted by molar-refractivity contribution is 7.92. The first kappa shape index (κ1) is 20.9. The maximum Gasteiger partial charge on any atom is 0.407 e. The average molecular weight is 416 g/mol.